The van der Waals surface area contributed by atoms with E-state index in [0.29, 0.717) is 12.0 Å². The molecular formula is C13H22N2. The van der Waals surface area contributed by atoms with Crippen molar-refractivity contribution in [2.45, 2.75) is 40.2 Å². The van der Waals surface area contributed by atoms with Crippen LogP contribution in [0.25, 0.3) is 0 Å². The van der Waals surface area contributed by atoms with E-state index in [2.05, 4.69) is 32.2 Å². The molecule has 0 amide bonds. The van der Waals surface area contributed by atoms with E-state index in [9.17, 15) is 0 Å². The van der Waals surface area contributed by atoms with Crippen LogP contribution in [0.1, 0.15) is 32.8 Å². The average molecular weight is 206 g/mol. The minimum atomic E-state index is 0.535. The minimum Gasteiger partial charge on any atom is -0.399 e. The molecule has 0 fully saturated rings. The minimum absolute atomic E-state index is 0.535. The lowest BCUT2D eigenvalue weighted by molar-refractivity contribution is 0.511. The van der Waals surface area contributed by atoms with Crippen molar-refractivity contribution in [1.82, 2.24) is 0 Å². The molecule has 1 rings (SSSR count). The summed E-state index contributed by atoms with van der Waals surface area (Å²) in [5.41, 5.74) is 8.95. The Bertz CT molecular complexity index is 318. The van der Waals surface area contributed by atoms with Crippen LogP contribution in [0.4, 0.5) is 11.4 Å². The number of nitrogens with one attached hydrogen (secondary N) is 1. The topological polar surface area (TPSA) is 38.0 Å². The zero-order valence-electron chi connectivity index (χ0n) is 10.2. The lowest BCUT2D eigenvalue weighted by atomic mass is 10.0. The number of nitrogens with two attached hydrogens (primary N) is 1. The fraction of sp³-hybridized carbons (Fsp3) is 0.538. The molecule has 1 aromatic rings. The van der Waals surface area contributed by atoms with Crippen LogP contribution >= 0.6 is 0 Å². The first-order chi connectivity index (χ1) is 7.04. The average Bonchev–Trinajstić information content (AvgIpc) is 2.19. The molecule has 15 heavy (non-hydrogen) atoms. The molecule has 1 atom stereocenters. The molecule has 0 bridgehead atoms. The fourth-order valence-corrected chi connectivity index (χ4v) is 1.72. The van der Waals surface area contributed by atoms with Gasteiger partial charge in [-0.15, -0.1) is 0 Å². The van der Waals surface area contributed by atoms with E-state index in [4.69, 9.17) is 5.73 Å². The molecule has 0 saturated heterocycles. The van der Waals surface area contributed by atoms with Gasteiger partial charge in [0.1, 0.15) is 0 Å². The Morgan fingerprint density at radius 1 is 1.33 bits per heavy atom. The Hall–Kier alpha value is -1.18. The van der Waals surface area contributed by atoms with Crippen LogP contribution in [0.5, 0.6) is 0 Å². The Morgan fingerprint density at radius 3 is 2.47 bits per heavy atom. The van der Waals surface area contributed by atoms with Gasteiger partial charge in [0.15, 0.2) is 0 Å². The number of hydrogen-bond donors (Lipinski definition) is 2. The normalized spacial score (nSPS) is 12.9. The first-order valence-electron chi connectivity index (χ1n) is 5.67. The largest absolute Gasteiger partial charge is 0.399 e. The van der Waals surface area contributed by atoms with E-state index in [1.165, 1.54) is 5.69 Å². The summed E-state index contributed by atoms with van der Waals surface area (Å²) in [4.78, 5) is 0. The maximum absolute atomic E-state index is 5.78. The van der Waals surface area contributed by atoms with Crippen molar-refractivity contribution in [3.05, 3.63) is 23.8 Å². The molecule has 0 aromatic heterocycles. The van der Waals surface area contributed by atoms with Crippen molar-refractivity contribution in [1.29, 1.82) is 0 Å². The van der Waals surface area contributed by atoms with E-state index in [1.807, 2.05) is 19.1 Å². The number of benzene rings is 1. The van der Waals surface area contributed by atoms with Crippen LogP contribution in [0.3, 0.4) is 0 Å². The molecule has 0 radical (unpaired) electrons. The molecule has 1 unspecified atom stereocenters. The maximum atomic E-state index is 5.78. The van der Waals surface area contributed by atoms with Gasteiger partial charge in [0.2, 0.25) is 0 Å². The highest BCUT2D eigenvalue weighted by Gasteiger charge is 2.10. The number of anilines is 2. The van der Waals surface area contributed by atoms with Crippen LogP contribution in [-0.2, 0) is 0 Å². The summed E-state index contributed by atoms with van der Waals surface area (Å²) < 4.78 is 0. The van der Waals surface area contributed by atoms with Crippen molar-refractivity contribution in [3.63, 3.8) is 0 Å². The highest BCUT2D eigenvalue weighted by Crippen LogP contribution is 2.19. The van der Waals surface area contributed by atoms with Crippen LogP contribution < -0.4 is 11.1 Å². The van der Waals surface area contributed by atoms with Gasteiger partial charge < -0.3 is 11.1 Å². The molecule has 0 aliphatic carbocycles. The van der Waals surface area contributed by atoms with Gasteiger partial charge in [-0.1, -0.05) is 20.8 Å². The van der Waals surface area contributed by atoms with Gasteiger partial charge in [0, 0.05) is 17.4 Å². The van der Waals surface area contributed by atoms with Crippen molar-refractivity contribution in [2.75, 3.05) is 11.1 Å². The second kappa shape index (κ2) is 5.06. The van der Waals surface area contributed by atoms with Gasteiger partial charge in [-0.2, -0.15) is 0 Å². The summed E-state index contributed by atoms with van der Waals surface area (Å²) in [5, 5.41) is 3.54. The number of hydrogen-bond acceptors (Lipinski definition) is 2. The van der Waals surface area contributed by atoms with Crippen LogP contribution in [0.15, 0.2) is 18.2 Å². The first kappa shape index (κ1) is 11.9. The summed E-state index contributed by atoms with van der Waals surface area (Å²) >= 11 is 0. The number of rotatable bonds is 4. The monoisotopic (exact) mass is 206 g/mol. The third-order valence-electron chi connectivity index (χ3n) is 2.87. The lowest BCUT2D eigenvalue weighted by Crippen LogP contribution is -2.24. The Morgan fingerprint density at radius 2 is 2.00 bits per heavy atom. The van der Waals surface area contributed by atoms with Gasteiger partial charge in [-0.3, -0.25) is 0 Å². The zero-order chi connectivity index (χ0) is 11.4. The molecule has 0 heterocycles. The summed E-state index contributed by atoms with van der Waals surface area (Å²) in [6, 6.07) is 6.66. The molecule has 0 saturated carbocycles. The number of nitrogen functional groups attached to an aromatic ring is 1. The van der Waals surface area contributed by atoms with Gasteiger partial charge in [0.05, 0.1) is 0 Å². The first-order valence-corrected chi connectivity index (χ1v) is 5.67. The van der Waals surface area contributed by atoms with Gasteiger partial charge in [-0.25, -0.2) is 0 Å². The van der Waals surface area contributed by atoms with E-state index in [-0.39, 0.29) is 0 Å². The van der Waals surface area contributed by atoms with E-state index < -0.39 is 0 Å². The molecule has 2 heteroatoms. The second-order valence-electron chi connectivity index (χ2n) is 4.47. The molecule has 0 spiro atoms. The van der Waals surface area contributed by atoms with Crippen molar-refractivity contribution < 1.29 is 0 Å². The number of aryl methyl sites for hydroxylation is 1. The zero-order valence-corrected chi connectivity index (χ0v) is 10.2. The lowest BCUT2D eigenvalue weighted by Gasteiger charge is -2.22. The molecule has 2 nitrogen and oxygen atoms in total. The van der Waals surface area contributed by atoms with E-state index >= 15 is 0 Å². The molecule has 0 aliphatic heterocycles. The molecule has 1 aromatic carbocycles. The highest BCUT2D eigenvalue weighted by molar-refractivity contribution is 5.57. The Balaban J connectivity index is 2.75. The summed E-state index contributed by atoms with van der Waals surface area (Å²) in [6.45, 7) is 8.73. The van der Waals surface area contributed by atoms with Crippen molar-refractivity contribution in [2.24, 2.45) is 5.92 Å². The van der Waals surface area contributed by atoms with Gasteiger partial charge in [0.25, 0.3) is 0 Å². The maximum Gasteiger partial charge on any atom is 0.0346 e. The predicted molar refractivity (Wildman–Crippen MR) is 68.1 cm³/mol. The Labute approximate surface area is 92.9 Å². The summed E-state index contributed by atoms with van der Waals surface area (Å²) in [5.74, 6) is 0.646. The van der Waals surface area contributed by atoms with Crippen LogP contribution in [0.2, 0.25) is 0 Å². The Kier molecular flexibility index (Phi) is 4.01. The van der Waals surface area contributed by atoms with E-state index in [0.717, 1.165) is 17.7 Å². The summed E-state index contributed by atoms with van der Waals surface area (Å²) in [6.07, 6.45) is 1.14. The van der Waals surface area contributed by atoms with E-state index in [1.54, 1.807) is 0 Å². The van der Waals surface area contributed by atoms with Crippen LogP contribution in [0, 0.1) is 12.8 Å². The molecule has 3 N–H and O–H groups in total. The molecular weight excluding hydrogens is 184 g/mol. The SMILES string of the molecule is CCC(Nc1ccc(N)c(C)c1)C(C)C. The third kappa shape index (κ3) is 3.15. The molecule has 0 aliphatic rings. The fourth-order valence-electron chi connectivity index (χ4n) is 1.72. The predicted octanol–water partition coefficient (Wildman–Crippen LogP) is 3.42. The quantitative estimate of drug-likeness (QED) is 0.741. The smallest absolute Gasteiger partial charge is 0.0346 e. The second-order valence-corrected chi connectivity index (χ2v) is 4.47. The third-order valence-corrected chi connectivity index (χ3v) is 2.87. The van der Waals surface area contributed by atoms with Crippen molar-refractivity contribution in [3.8, 4) is 0 Å². The summed E-state index contributed by atoms with van der Waals surface area (Å²) in [7, 11) is 0. The van der Waals surface area contributed by atoms with Gasteiger partial charge in [-0.05, 0) is 43.0 Å². The highest BCUT2D eigenvalue weighted by atomic mass is 14.9. The molecule has 84 valence electrons. The van der Waals surface area contributed by atoms with Gasteiger partial charge >= 0.3 is 0 Å². The van der Waals surface area contributed by atoms with Crippen LogP contribution in [-0.4, -0.2) is 6.04 Å². The van der Waals surface area contributed by atoms with Crippen molar-refractivity contribution >= 4 is 11.4 Å². The standard InChI is InChI=1S/C13H22N2/c1-5-13(9(2)3)15-11-6-7-12(14)10(4)8-11/h6-9,13,15H,5,14H2,1-4H3.